The van der Waals surface area contributed by atoms with E-state index in [9.17, 15) is 4.79 Å². The number of ether oxygens (including phenoxy) is 2. The molecule has 1 aliphatic rings. The maximum atomic E-state index is 12.3. The molecular weight excluding hydrogens is 360 g/mol. The van der Waals surface area contributed by atoms with Crippen LogP contribution in [-0.2, 0) is 0 Å². The van der Waals surface area contributed by atoms with Crippen LogP contribution >= 0.6 is 22.9 Å². The number of nitrogens with one attached hydrogen (secondary N) is 1. The van der Waals surface area contributed by atoms with E-state index >= 15 is 0 Å². The van der Waals surface area contributed by atoms with Gasteiger partial charge in [-0.25, -0.2) is 5.43 Å². The van der Waals surface area contributed by atoms with Gasteiger partial charge in [-0.05, 0) is 29.8 Å². The zero-order chi connectivity index (χ0) is 17.2. The molecule has 1 aromatic heterocycles. The van der Waals surface area contributed by atoms with E-state index in [2.05, 4.69) is 10.5 Å². The molecular formula is C18H13ClN2O3S. The summed E-state index contributed by atoms with van der Waals surface area (Å²) in [6, 6.07) is 13.1. The summed E-state index contributed by atoms with van der Waals surface area (Å²) in [5.41, 5.74) is 3.31. The smallest absolute Gasteiger partial charge is 0.283 e. The highest BCUT2D eigenvalue weighted by Crippen LogP contribution is 2.35. The van der Waals surface area contributed by atoms with Gasteiger partial charge in [-0.15, -0.1) is 11.3 Å². The highest BCUT2D eigenvalue weighted by molar-refractivity contribution is 7.21. The SMILES string of the molecule is O=C(NN=Cc1ccc2c(c1)OCCO2)c1sc2ccccc2c1Cl. The molecule has 0 spiro atoms. The largest absolute Gasteiger partial charge is 0.486 e. The van der Waals surface area contributed by atoms with E-state index in [1.54, 1.807) is 6.21 Å². The molecule has 0 bridgehead atoms. The first-order chi connectivity index (χ1) is 12.2. The Labute approximate surface area is 152 Å². The molecule has 1 aliphatic heterocycles. The standard InChI is InChI=1S/C18H13ClN2O3S/c19-16-12-3-1-2-4-15(12)25-17(16)18(22)21-20-10-11-5-6-13-14(9-11)24-8-7-23-13/h1-6,9-10H,7-8H2,(H,21,22). The minimum absolute atomic E-state index is 0.333. The number of benzene rings is 2. The second-order valence-corrected chi connectivity index (χ2v) is 6.77. The number of carbonyl (C=O) groups excluding carboxylic acids is 1. The molecule has 25 heavy (non-hydrogen) atoms. The van der Waals surface area contributed by atoms with Crippen molar-refractivity contribution in [1.29, 1.82) is 0 Å². The van der Waals surface area contributed by atoms with Crippen LogP contribution in [0, 0.1) is 0 Å². The Balaban J connectivity index is 1.49. The topological polar surface area (TPSA) is 59.9 Å². The molecule has 0 atom stereocenters. The Kier molecular flexibility index (Phi) is 4.29. The van der Waals surface area contributed by atoms with E-state index in [4.69, 9.17) is 21.1 Å². The number of hydrogen-bond acceptors (Lipinski definition) is 5. The summed E-state index contributed by atoms with van der Waals surface area (Å²) in [6.45, 7) is 1.07. The Morgan fingerprint density at radius 2 is 1.96 bits per heavy atom. The van der Waals surface area contributed by atoms with Gasteiger partial charge in [-0.2, -0.15) is 5.10 Å². The van der Waals surface area contributed by atoms with Crippen molar-refractivity contribution in [3.05, 3.63) is 57.9 Å². The van der Waals surface area contributed by atoms with Crippen LogP contribution in [0.3, 0.4) is 0 Å². The van der Waals surface area contributed by atoms with E-state index in [-0.39, 0.29) is 5.91 Å². The number of carbonyl (C=O) groups is 1. The summed E-state index contributed by atoms with van der Waals surface area (Å²) in [7, 11) is 0. The zero-order valence-corrected chi connectivity index (χ0v) is 14.6. The van der Waals surface area contributed by atoms with Gasteiger partial charge in [-0.1, -0.05) is 29.8 Å². The van der Waals surface area contributed by atoms with Gasteiger partial charge in [0.25, 0.3) is 5.91 Å². The first-order valence-electron chi connectivity index (χ1n) is 7.62. The predicted octanol–water partition coefficient (Wildman–Crippen LogP) is 4.09. The molecule has 0 aliphatic carbocycles. The van der Waals surface area contributed by atoms with Crippen LogP contribution in [0.25, 0.3) is 10.1 Å². The molecule has 3 aromatic rings. The van der Waals surface area contributed by atoms with Crippen molar-refractivity contribution in [1.82, 2.24) is 5.43 Å². The molecule has 0 fully saturated rings. The number of hydrazone groups is 1. The monoisotopic (exact) mass is 372 g/mol. The molecule has 126 valence electrons. The molecule has 0 saturated heterocycles. The zero-order valence-electron chi connectivity index (χ0n) is 13.0. The Hall–Kier alpha value is -2.57. The third-order valence-corrected chi connectivity index (χ3v) is 5.36. The molecule has 5 nitrogen and oxygen atoms in total. The highest BCUT2D eigenvalue weighted by Gasteiger charge is 2.16. The quantitative estimate of drug-likeness (QED) is 0.556. The van der Waals surface area contributed by atoms with Crippen LogP contribution in [0.1, 0.15) is 15.2 Å². The molecule has 0 saturated carbocycles. The fourth-order valence-electron chi connectivity index (χ4n) is 2.52. The van der Waals surface area contributed by atoms with Crippen molar-refractivity contribution in [3.8, 4) is 11.5 Å². The molecule has 2 aromatic carbocycles. The second-order valence-electron chi connectivity index (χ2n) is 5.34. The van der Waals surface area contributed by atoms with Gasteiger partial charge in [0.2, 0.25) is 0 Å². The summed E-state index contributed by atoms with van der Waals surface area (Å²) in [4.78, 5) is 12.8. The minimum Gasteiger partial charge on any atom is -0.486 e. The van der Waals surface area contributed by atoms with Crippen LogP contribution in [0.2, 0.25) is 5.02 Å². The Bertz CT molecular complexity index is 984. The van der Waals surface area contributed by atoms with Crippen molar-refractivity contribution in [2.24, 2.45) is 5.10 Å². The van der Waals surface area contributed by atoms with Crippen molar-refractivity contribution in [2.45, 2.75) is 0 Å². The van der Waals surface area contributed by atoms with Gasteiger partial charge < -0.3 is 9.47 Å². The van der Waals surface area contributed by atoms with E-state index in [0.29, 0.717) is 34.6 Å². The second kappa shape index (κ2) is 6.74. The number of thiophene rings is 1. The van der Waals surface area contributed by atoms with Gasteiger partial charge in [-0.3, -0.25) is 4.79 Å². The van der Waals surface area contributed by atoms with E-state index in [1.807, 2.05) is 42.5 Å². The lowest BCUT2D eigenvalue weighted by Crippen LogP contribution is -2.17. The van der Waals surface area contributed by atoms with Gasteiger partial charge in [0, 0.05) is 10.1 Å². The number of rotatable bonds is 3. The number of hydrogen-bond donors (Lipinski definition) is 1. The Morgan fingerprint density at radius 1 is 1.16 bits per heavy atom. The minimum atomic E-state index is -0.333. The normalized spacial score (nSPS) is 13.3. The fraction of sp³-hybridized carbons (Fsp3) is 0.111. The summed E-state index contributed by atoms with van der Waals surface area (Å²) in [5.74, 6) is 1.05. The van der Waals surface area contributed by atoms with Crippen LogP contribution in [0.4, 0.5) is 0 Å². The summed E-state index contributed by atoms with van der Waals surface area (Å²) < 4.78 is 12.0. The maximum Gasteiger partial charge on any atom is 0.283 e. The van der Waals surface area contributed by atoms with Crippen LogP contribution in [-0.4, -0.2) is 25.3 Å². The van der Waals surface area contributed by atoms with E-state index < -0.39 is 0 Å². The number of halogens is 1. The molecule has 1 N–H and O–H groups in total. The van der Waals surface area contributed by atoms with Gasteiger partial charge in [0.1, 0.15) is 18.1 Å². The lowest BCUT2D eigenvalue weighted by molar-refractivity contribution is 0.0959. The molecule has 4 rings (SSSR count). The average Bonchev–Trinajstić information content (AvgIpc) is 2.99. The molecule has 7 heteroatoms. The van der Waals surface area contributed by atoms with Gasteiger partial charge in [0.05, 0.1) is 11.2 Å². The maximum absolute atomic E-state index is 12.3. The summed E-state index contributed by atoms with van der Waals surface area (Å²) in [5, 5.41) is 5.33. The van der Waals surface area contributed by atoms with E-state index in [0.717, 1.165) is 15.6 Å². The average molecular weight is 373 g/mol. The van der Waals surface area contributed by atoms with Gasteiger partial charge >= 0.3 is 0 Å². The molecule has 0 unspecified atom stereocenters. The molecule has 1 amide bonds. The van der Waals surface area contributed by atoms with Crippen molar-refractivity contribution >= 4 is 45.1 Å². The van der Waals surface area contributed by atoms with Crippen molar-refractivity contribution < 1.29 is 14.3 Å². The van der Waals surface area contributed by atoms with Crippen LogP contribution in [0.15, 0.2) is 47.6 Å². The first kappa shape index (κ1) is 15.9. The number of fused-ring (bicyclic) bond motifs is 2. The lowest BCUT2D eigenvalue weighted by Gasteiger charge is -2.18. The third kappa shape index (κ3) is 3.18. The highest BCUT2D eigenvalue weighted by atomic mass is 35.5. The third-order valence-electron chi connectivity index (χ3n) is 3.69. The van der Waals surface area contributed by atoms with Crippen molar-refractivity contribution in [2.75, 3.05) is 13.2 Å². The molecule has 2 heterocycles. The summed E-state index contributed by atoms with van der Waals surface area (Å²) >= 11 is 7.64. The molecule has 0 radical (unpaired) electrons. The summed E-state index contributed by atoms with van der Waals surface area (Å²) in [6.07, 6.45) is 1.55. The van der Waals surface area contributed by atoms with Crippen LogP contribution < -0.4 is 14.9 Å². The first-order valence-corrected chi connectivity index (χ1v) is 8.82. The Morgan fingerprint density at radius 3 is 2.80 bits per heavy atom. The fourth-order valence-corrected chi connectivity index (χ4v) is 3.92. The number of amides is 1. The van der Waals surface area contributed by atoms with Gasteiger partial charge in [0.15, 0.2) is 11.5 Å². The van der Waals surface area contributed by atoms with Crippen molar-refractivity contribution in [3.63, 3.8) is 0 Å². The predicted molar refractivity (Wildman–Crippen MR) is 99.3 cm³/mol. The van der Waals surface area contributed by atoms with Crippen LogP contribution in [0.5, 0.6) is 11.5 Å². The van der Waals surface area contributed by atoms with E-state index in [1.165, 1.54) is 11.3 Å². The number of nitrogens with zero attached hydrogens (tertiary/aromatic N) is 1. The lowest BCUT2D eigenvalue weighted by atomic mass is 10.2.